The zero-order chi connectivity index (χ0) is 2.71. The summed E-state index contributed by atoms with van der Waals surface area (Å²) in [6.45, 7) is 0. The fourth-order valence-corrected chi connectivity index (χ4v) is 0. The van der Waals surface area contributed by atoms with Crippen molar-refractivity contribution in [2.45, 2.75) is 7.43 Å². The average Bonchev–Trinajstić information content (AvgIpc) is 0.918. The molecule has 0 amide bonds. The predicted octanol–water partition coefficient (Wildman–Crippen LogP) is -0.0699. The Morgan fingerprint density at radius 3 is 1.80 bits per heavy atom. The molecule has 0 aromatic rings. The molecule has 25 valence electrons. The standard InChI is InChI=1S/CH4.BH3P.B.Y/c;1-2;;/h1H4;1H,2H2;;/i;1D;;. The molecule has 0 aromatic carbocycles. The third-order valence-electron chi connectivity index (χ3n) is 0. The van der Waals surface area contributed by atoms with Crippen LogP contribution in [0.4, 0.5) is 0 Å². The van der Waals surface area contributed by atoms with Crippen LogP contribution >= 0.6 is 9.12 Å². The first-order valence-corrected chi connectivity index (χ1v) is 1.00. The van der Waals surface area contributed by atoms with Gasteiger partial charge in [0.05, 0.1) is 0 Å². The van der Waals surface area contributed by atoms with Crippen LogP contribution in [0, 0.1) is 0 Å². The molecule has 0 nitrogen and oxygen atoms in total. The third kappa shape index (κ3) is 27.5. The molecule has 0 fully saturated rings. The molecule has 0 spiro atoms. The summed E-state index contributed by atoms with van der Waals surface area (Å²) in [6.07, 6.45) is 0. The van der Waals surface area contributed by atoms with E-state index in [2.05, 4.69) is 9.12 Å². The quantitative estimate of drug-likeness (QED) is 0.345. The van der Waals surface area contributed by atoms with Crippen molar-refractivity contribution >= 4 is 25.1 Å². The molecule has 5 heavy (non-hydrogen) atoms. The van der Waals surface area contributed by atoms with Crippen LogP contribution in [-0.2, 0) is 32.7 Å². The number of hydrogen-bond donors (Lipinski definition) is 0. The Morgan fingerprint density at radius 2 is 1.80 bits per heavy atom. The minimum Gasteiger partial charge on any atom is -0.183 e. The maximum atomic E-state index is 6.05. The van der Waals surface area contributed by atoms with Gasteiger partial charge in [0.1, 0.15) is 7.53 Å². The second-order valence-electron chi connectivity index (χ2n) is 0. The van der Waals surface area contributed by atoms with Crippen LogP contribution in [0.3, 0.4) is 0 Å². The molecule has 0 saturated carbocycles. The van der Waals surface area contributed by atoms with Gasteiger partial charge in [0.25, 0.3) is 0 Å². The van der Waals surface area contributed by atoms with Gasteiger partial charge in [0.2, 0.25) is 0 Å². The minimum atomic E-state index is 0. The predicted molar refractivity (Wildman–Crippen MR) is 29.3 cm³/mol. The molecule has 0 saturated heterocycles. The van der Waals surface area contributed by atoms with Gasteiger partial charge in [0, 0.05) is 41.1 Å². The zero-order valence-corrected chi connectivity index (χ0v) is 6.30. The molecule has 0 aliphatic carbocycles. The third-order valence-corrected chi connectivity index (χ3v) is 0. The van der Waals surface area contributed by atoms with Crippen molar-refractivity contribution in [3.63, 3.8) is 0 Å². The molecular weight excluding hydrogens is 154 g/mol. The molecule has 1 atom stereocenters. The van der Waals surface area contributed by atoms with E-state index in [-0.39, 0.29) is 48.5 Å². The molecule has 0 aliphatic rings. The summed E-state index contributed by atoms with van der Waals surface area (Å²) in [4.78, 5) is 0. The molecule has 0 rings (SSSR count). The van der Waals surface area contributed by atoms with Crippen LogP contribution in [0.2, 0.25) is 0 Å². The zero-order valence-electron chi connectivity index (χ0n) is 3.31. The van der Waals surface area contributed by atoms with Gasteiger partial charge in [-0.3, -0.25) is 0 Å². The van der Waals surface area contributed by atoms with Gasteiger partial charge in [-0.1, -0.05) is 7.43 Å². The van der Waals surface area contributed by atoms with Crippen LogP contribution in [-0.4, -0.2) is 17.3 Å². The van der Waals surface area contributed by atoms with E-state index in [9.17, 15) is 0 Å². The Hall–Kier alpha value is 1.66. The fourth-order valence-electron chi connectivity index (χ4n) is 0. The molecule has 0 heterocycles. The largest absolute Gasteiger partial charge is 0.183 e. The van der Waals surface area contributed by atoms with Crippen LogP contribution < -0.4 is 0 Å². The second kappa shape index (κ2) is 44.5. The van der Waals surface area contributed by atoms with E-state index in [1.807, 2.05) is 0 Å². The number of rotatable bonds is 0. The van der Waals surface area contributed by atoms with Gasteiger partial charge >= 0.3 is 0 Å². The Balaban J connectivity index is -0.00000000667. The SMILES string of the molecule is C.[2H][B]P.[B].[Y]. The van der Waals surface area contributed by atoms with Gasteiger partial charge in [-0.05, 0) is 1.34 Å². The van der Waals surface area contributed by atoms with Gasteiger partial charge < -0.3 is 0 Å². The van der Waals surface area contributed by atoms with Gasteiger partial charge in [-0.2, -0.15) is 9.12 Å². The van der Waals surface area contributed by atoms with Gasteiger partial charge in [-0.15, -0.1) is 0 Å². The smallest absolute Gasteiger partial charge is 0.116 e. The molecule has 0 aliphatic heterocycles. The summed E-state index contributed by atoms with van der Waals surface area (Å²) in [5, 5.41) is 0. The summed E-state index contributed by atoms with van der Waals surface area (Å²) in [7, 11) is 3.29. The van der Waals surface area contributed by atoms with E-state index in [0.29, 0.717) is 0 Å². The molecular formula is CH7B2PY. The van der Waals surface area contributed by atoms with Crippen molar-refractivity contribution in [2.75, 3.05) is 0 Å². The van der Waals surface area contributed by atoms with E-state index >= 15 is 0 Å². The average molecular weight is 162 g/mol. The van der Waals surface area contributed by atoms with Crippen LogP contribution in [0.25, 0.3) is 0 Å². The Kier molecular flexibility index (Phi) is 142. The molecule has 0 bridgehead atoms. The van der Waals surface area contributed by atoms with Crippen molar-refractivity contribution in [1.82, 2.24) is 0 Å². The van der Waals surface area contributed by atoms with Gasteiger partial charge in [0.15, 0.2) is 0 Å². The molecule has 0 N–H and O–H groups in total. The van der Waals surface area contributed by atoms with Crippen LogP contribution in [0.15, 0.2) is 0 Å². The topological polar surface area (TPSA) is 0 Å². The summed E-state index contributed by atoms with van der Waals surface area (Å²) >= 11 is 0. The Labute approximate surface area is 66.2 Å². The van der Waals surface area contributed by atoms with Gasteiger partial charge in [-0.25, -0.2) is 0 Å². The van der Waals surface area contributed by atoms with E-state index in [4.69, 9.17) is 1.34 Å². The van der Waals surface area contributed by atoms with Crippen molar-refractivity contribution in [2.24, 2.45) is 0 Å². The fraction of sp³-hybridized carbons (Fsp3) is 1.00. The van der Waals surface area contributed by atoms with Crippen LogP contribution in [0.5, 0.6) is 0 Å². The molecule has 1 unspecified atom stereocenters. The normalized spacial score (nSPS) is 3.00. The van der Waals surface area contributed by atoms with Crippen molar-refractivity contribution in [3.05, 3.63) is 0 Å². The molecule has 4 heteroatoms. The Morgan fingerprint density at radius 1 is 1.80 bits per heavy atom. The maximum Gasteiger partial charge on any atom is 0.116 e. The summed E-state index contributed by atoms with van der Waals surface area (Å²) in [5.41, 5.74) is 0. The summed E-state index contributed by atoms with van der Waals surface area (Å²) in [5.74, 6) is 0. The first-order chi connectivity index (χ1) is 1.41. The second-order valence-corrected chi connectivity index (χ2v) is 0. The molecule has 5 radical (unpaired) electrons. The van der Waals surface area contributed by atoms with Crippen molar-refractivity contribution in [3.8, 4) is 0 Å². The van der Waals surface area contributed by atoms with Crippen molar-refractivity contribution in [1.29, 1.82) is 1.34 Å². The maximum absolute atomic E-state index is 6.05. The Bertz CT molecular complexity index is 13.5. The monoisotopic (exact) mass is 162 g/mol. The van der Waals surface area contributed by atoms with E-state index in [0.717, 1.165) is 0 Å². The number of hydrogen-bond acceptors (Lipinski definition) is 0. The van der Waals surface area contributed by atoms with E-state index in [1.165, 1.54) is 7.53 Å². The summed E-state index contributed by atoms with van der Waals surface area (Å²) in [6, 6.07) is 0. The first-order valence-electron chi connectivity index (χ1n) is 0.911. The van der Waals surface area contributed by atoms with E-state index < -0.39 is 0 Å². The summed E-state index contributed by atoms with van der Waals surface area (Å²) < 4.78 is 6.05. The van der Waals surface area contributed by atoms with Crippen molar-refractivity contribution < 1.29 is 32.7 Å². The first kappa shape index (κ1) is 15.9. The van der Waals surface area contributed by atoms with E-state index in [1.54, 1.807) is 0 Å². The van der Waals surface area contributed by atoms with Crippen LogP contribution in [0.1, 0.15) is 7.43 Å². The minimum absolute atomic E-state index is 0. The molecule has 0 aromatic heterocycles.